The summed E-state index contributed by atoms with van der Waals surface area (Å²) in [6.45, 7) is 4.25. The van der Waals surface area contributed by atoms with Crippen LogP contribution in [0.4, 0.5) is 22.7 Å². The van der Waals surface area contributed by atoms with Crippen molar-refractivity contribution in [1.29, 1.82) is 0 Å². The Morgan fingerprint density at radius 1 is 0.775 bits per heavy atom. The van der Waals surface area contributed by atoms with Crippen molar-refractivity contribution >= 4 is 34.2 Å². The second-order valence-electron chi connectivity index (χ2n) is 13.2. The number of benzene rings is 2. The summed E-state index contributed by atoms with van der Waals surface area (Å²) in [4.78, 5) is 22.4. The molecular weight excluding hydrogens is 498 g/mol. The minimum absolute atomic E-state index is 0.151. The predicted molar refractivity (Wildman–Crippen MR) is 166 cm³/mol. The van der Waals surface area contributed by atoms with Crippen molar-refractivity contribution in [3.05, 3.63) is 72.1 Å². The summed E-state index contributed by atoms with van der Waals surface area (Å²) in [5, 5.41) is 3.28. The molecule has 40 heavy (non-hydrogen) atoms. The smallest absolute Gasteiger partial charge is 0.204 e. The maximum atomic E-state index is 12.7. The molecule has 2 saturated heterocycles. The SMILES string of the molecule is C[N+](C)(C)C1CCN(c2ccc(/N=C3\C=C(Nc4ccc(N5CCC([N+](C)(C)C)C5)cc4)C(=O)C=C3N)cc2)C1. The van der Waals surface area contributed by atoms with Crippen LogP contribution in [0, 0.1) is 0 Å². The number of allylic oxidation sites excluding steroid dienone is 2. The van der Waals surface area contributed by atoms with Gasteiger partial charge in [-0.3, -0.25) is 4.79 Å². The monoisotopic (exact) mass is 543 g/mol. The van der Waals surface area contributed by atoms with Gasteiger partial charge in [0.2, 0.25) is 5.78 Å². The van der Waals surface area contributed by atoms with Crippen LogP contribution in [-0.4, -0.2) is 101 Å². The van der Waals surface area contributed by atoms with E-state index in [0.29, 0.717) is 29.2 Å². The van der Waals surface area contributed by atoms with Crippen LogP contribution < -0.4 is 20.9 Å². The lowest BCUT2D eigenvalue weighted by Gasteiger charge is -2.31. The predicted octanol–water partition coefficient (Wildman–Crippen LogP) is 3.75. The van der Waals surface area contributed by atoms with Crippen molar-refractivity contribution < 1.29 is 13.8 Å². The molecular formula is C32H45N7O+2. The number of ketones is 1. The minimum atomic E-state index is -0.151. The topological polar surface area (TPSA) is 74.0 Å². The molecule has 2 unspecified atom stereocenters. The van der Waals surface area contributed by atoms with E-state index in [1.807, 2.05) is 24.3 Å². The zero-order chi connectivity index (χ0) is 28.7. The Bertz CT molecular complexity index is 1330. The van der Waals surface area contributed by atoms with Crippen LogP contribution in [0.15, 0.2) is 77.1 Å². The molecule has 212 valence electrons. The van der Waals surface area contributed by atoms with Crippen LogP contribution in [-0.2, 0) is 4.79 Å². The zero-order valence-electron chi connectivity index (χ0n) is 24.9. The minimum Gasteiger partial charge on any atom is -0.397 e. The molecule has 0 spiro atoms. The molecule has 0 saturated carbocycles. The average Bonchev–Trinajstić information content (AvgIpc) is 3.59. The lowest BCUT2D eigenvalue weighted by molar-refractivity contribution is -0.893. The number of carbonyl (C=O) groups excluding carboxylic acids is 1. The summed E-state index contributed by atoms with van der Waals surface area (Å²) < 4.78 is 1.96. The fourth-order valence-corrected chi connectivity index (χ4v) is 5.78. The Balaban J connectivity index is 1.25. The largest absolute Gasteiger partial charge is 0.397 e. The van der Waals surface area contributed by atoms with Gasteiger partial charge in [0.05, 0.1) is 78.2 Å². The summed E-state index contributed by atoms with van der Waals surface area (Å²) in [7, 11) is 13.6. The number of aliphatic imine (C=N–C) groups is 1. The van der Waals surface area contributed by atoms with Crippen molar-refractivity contribution in [1.82, 2.24) is 0 Å². The number of likely N-dealkylation sites (N-methyl/N-ethyl adjacent to an activating group) is 2. The van der Waals surface area contributed by atoms with E-state index < -0.39 is 0 Å². The normalized spacial score (nSPS) is 23.1. The van der Waals surface area contributed by atoms with Crippen LogP contribution in [0.1, 0.15) is 12.8 Å². The molecule has 0 bridgehead atoms. The second-order valence-corrected chi connectivity index (χ2v) is 13.2. The molecule has 2 atom stereocenters. The van der Waals surface area contributed by atoms with Gasteiger partial charge in [-0.2, -0.15) is 0 Å². The molecule has 8 nitrogen and oxygen atoms in total. The van der Waals surface area contributed by atoms with E-state index in [9.17, 15) is 4.79 Å². The molecule has 3 N–H and O–H groups in total. The van der Waals surface area contributed by atoms with Gasteiger partial charge in [-0.25, -0.2) is 4.99 Å². The Labute approximate surface area is 239 Å². The summed E-state index contributed by atoms with van der Waals surface area (Å²) >= 11 is 0. The molecule has 2 aliphatic heterocycles. The first-order valence-corrected chi connectivity index (χ1v) is 14.3. The first kappa shape index (κ1) is 27.9. The van der Waals surface area contributed by atoms with E-state index in [-0.39, 0.29) is 5.78 Å². The third-order valence-electron chi connectivity index (χ3n) is 8.62. The van der Waals surface area contributed by atoms with Crippen LogP contribution in [0.2, 0.25) is 0 Å². The first-order chi connectivity index (χ1) is 18.9. The van der Waals surface area contributed by atoms with Crippen molar-refractivity contribution in [2.75, 3.05) is 83.6 Å². The van der Waals surface area contributed by atoms with E-state index in [4.69, 9.17) is 10.7 Å². The highest BCUT2D eigenvalue weighted by molar-refractivity contribution is 6.23. The average molecular weight is 544 g/mol. The highest BCUT2D eigenvalue weighted by Gasteiger charge is 2.33. The van der Waals surface area contributed by atoms with Crippen LogP contribution in [0.3, 0.4) is 0 Å². The molecule has 2 aromatic carbocycles. The lowest BCUT2D eigenvalue weighted by Crippen LogP contribution is -2.46. The molecule has 0 aromatic heterocycles. The third kappa shape index (κ3) is 6.24. The highest BCUT2D eigenvalue weighted by atomic mass is 16.1. The second kappa shape index (κ2) is 10.7. The van der Waals surface area contributed by atoms with Gasteiger partial charge in [-0.05, 0) is 54.6 Å². The Morgan fingerprint density at radius 3 is 1.75 bits per heavy atom. The van der Waals surface area contributed by atoms with Crippen LogP contribution in [0.25, 0.3) is 0 Å². The van der Waals surface area contributed by atoms with Gasteiger partial charge in [0.15, 0.2) is 0 Å². The van der Waals surface area contributed by atoms with Gasteiger partial charge in [0.25, 0.3) is 0 Å². The van der Waals surface area contributed by atoms with E-state index in [2.05, 4.69) is 81.7 Å². The van der Waals surface area contributed by atoms with Gasteiger partial charge >= 0.3 is 0 Å². The van der Waals surface area contributed by atoms with Gasteiger partial charge in [0, 0.05) is 49.1 Å². The fourth-order valence-electron chi connectivity index (χ4n) is 5.78. The number of carbonyl (C=O) groups is 1. The maximum Gasteiger partial charge on any atom is 0.204 e. The number of nitrogens with one attached hydrogen (secondary N) is 1. The Morgan fingerprint density at radius 2 is 1.27 bits per heavy atom. The summed E-state index contributed by atoms with van der Waals surface area (Å²) in [5.41, 5.74) is 11.7. The molecule has 2 aromatic rings. The molecule has 0 amide bonds. The molecule has 2 heterocycles. The summed E-state index contributed by atoms with van der Waals surface area (Å²) in [6.07, 6.45) is 5.59. The van der Waals surface area contributed by atoms with Crippen LogP contribution >= 0.6 is 0 Å². The van der Waals surface area contributed by atoms with Crippen molar-refractivity contribution in [3.63, 3.8) is 0 Å². The van der Waals surface area contributed by atoms with E-state index in [0.717, 1.165) is 46.5 Å². The lowest BCUT2D eigenvalue weighted by atomic mass is 10.1. The number of hydrogen-bond acceptors (Lipinski definition) is 6. The third-order valence-corrected chi connectivity index (χ3v) is 8.62. The van der Waals surface area contributed by atoms with E-state index in [1.54, 1.807) is 6.08 Å². The quantitative estimate of drug-likeness (QED) is 0.411. The van der Waals surface area contributed by atoms with Crippen molar-refractivity contribution in [2.45, 2.75) is 24.9 Å². The number of nitrogens with two attached hydrogens (primary N) is 1. The molecule has 5 rings (SSSR count). The zero-order valence-corrected chi connectivity index (χ0v) is 24.9. The first-order valence-electron chi connectivity index (χ1n) is 14.3. The van der Waals surface area contributed by atoms with Crippen LogP contribution in [0.5, 0.6) is 0 Å². The Hall–Kier alpha value is -3.62. The highest BCUT2D eigenvalue weighted by Crippen LogP contribution is 2.28. The number of rotatable bonds is 7. The molecule has 2 fully saturated rings. The summed E-state index contributed by atoms with van der Waals surface area (Å²) in [6, 6.07) is 17.9. The van der Waals surface area contributed by atoms with Crippen molar-refractivity contribution in [2.24, 2.45) is 10.7 Å². The van der Waals surface area contributed by atoms with Gasteiger partial charge < -0.3 is 29.8 Å². The van der Waals surface area contributed by atoms with Gasteiger partial charge in [-0.1, -0.05) is 0 Å². The van der Waals surface area contributed by atoms with Crippen molar-refractivity contribution in [3.8, 4) is 0 Å². The number of hydrogen-bond donors (Lipinski definition) is 2. The number of anilines is 3. The standard InChI is InChI=1S/C32H44N7O/c1-38(2,3)27-15-17-36(21-27)25-11-7-23(8-12-25)34-30-20-31(32(40)19-29(30)33)35-24-9-13-26(14-10-24)37-18-16-28(22-37)39(4,5)6/h7-14,19-20,27-28H,15-18,21-22H2,1-6H3,(H2-,33,34,35,40)/q+1/p+1. The van der Waals surface area contributed by atoms with E-state index in [1.165, 1.54) is 30.3 Å². The Kier molecular flexibility index (Phi) is 7.50. The van der Waals surface area contributed by atoms with E-state index >= 15 is 0 Å². The molecule has 8 heteroatoms. The maximum absolute atomic E-state index is 12.7. The van der Waals surface area contributed by atoms with Gasteiger partial charge in [0.1, 0.15) is 12.1 Å². The molecule has 3 aliphatic rings. The summed E-state index contributed by atoms with van der Waals surface area (Å²) in [5.74, 6) is -0.151. The molecule has 1 aliphatic carbocycles. The fraction of sp³-hybridized carbons (Fsp3) is 0.438. The van der Waals surface area contributed by atoms with Gasteiger partial charge in [-0.15, -0.1) is 0 Å². The number of nitrogens with zero attached hydrogens (tertiary/aromatic N) is 5. The molecule has 0 radical (unpaired) electrons. The number of quaternary nitrogens is 2.